The molecule has 0 bridgehead atoms. The molecule has 4 heteroatoms. The Hall–Kier alpha value is -3.37. The lowest BCUT2D eigenvalue weighted by Gasteiger charge is -2.48. The van der Waals surface area contributed by atoms with Crippen molar-refractivity contribution in [3.05, 3.63) is 107 Å². The van der Waals surface area contributed by atoms with E-state index in [0.717, 1.165) is 50.8 Å². The summed E-state index contributed by atoms with van der Waals surface area (Å²) in [5.41, 5.74) is 6.83. The van der Waals surface area contributed by atoms with E-state index in [1.807, 2.05) is 12.1 Å². The summed E-state index contributed by atoms with van der Waals surface area (Å²) < 4.78 is 0. The highest BCUT2D eigenvalue weighted by Gasteiger charge is 2.46. The maximum Gasteiger partial charge on any atom is 0.254 e. The third kappa shape index (κ3) is 5.53. The number of aryl methyl sites for hydroxylation is 1. The minimum atomic E-state index is -0.397. The summed E-state index contributed by atoms with van der Waals surface area (Å²) in [6.45, 7) is 8.28. The van der Waals surface area contributed by atoms with Crippen LogP contribution in [-0.4, -0.2) is 47.9 Å². The number of para-hydroxylation sites is 1. The first-order valence-electron chi connectivity index (χ1n) is 14.4. The van der Waals surface area contributed by atoms with Gasteiger partial charge in [-0.3, -0.25) is 4.79 Å². The van der Waals surface area contributed by atoms with Gasteiger partial charge in [0.05, 0.1) is 5.54 Å². The van der Waals surface area contributed by atoms with Gasteiger partial charge < -0.3 is 14.8 Å². The number of carbonyl (C=O) groups is 1. The molecule has 0 fully saturated rings. The minimum absolute atomic E-state index is 0.0544. The molecule has 0 spiro atoms. The SMILES string of the molecule is CN(C)CCC1(CCCc2ccccc2)c2[nH]c3ccccc3c2CCN1C(=O)c1ccc(C(C)(C)C)cc1. The average Bonchev–Trinajstić information content (AvgIpc) is 3.32. The highest BCUT2D eigenvalue weighted by Crippen LogP contribution is 2.45. The summed E-state index contributed by atoms with van der Waals surface area (Å²) in [5.74, 6) is 0.137. The lowest BCUT2D eigenvalue weighted by atomic mass is 9.77. The van der Waals surface area contributed by atoms with Crippen molar-refractivity contribution in [2.45, 2.75) is 63.8 Å². The molecule has 1 unspecified atom stereocenters. The van der Waals surface area contributed by atoms with Crippen molar-refractivity contribution in [2.24, 2.45) is 0 Å². The number of H-pyrrole nitrogens is 1. The van der Waals surface area contributed by atoms with Crippen molar-refractivity contribution in [1.82, 2.24) is 14.8 Å². The van der Waals surface area contributed by atoms with Crippen molar-refractivity contribution in [2.75, 3.05) is 27.2 Å². The van der Waals surface area contributed by atoms with E-state index in [4.69, 9.17) is 0 Å². The standard InChI is InChI=1S/C35H43N3O/c1-34(2,3)28-19-17-27(18-20-28)33(39)38-24-21-30-29-15-9-10-16-31(29)36-32(30)35(38,23-25-37(4)5)22-11-14-26-12-7-6-8-13-26/h6-10,12-13,15-20,36H,11,14,21-25H2,1-5H3. The van der Waals surface area contributed by atoms with Gasteiger partial charge >= 0.3 is 0 Å². The zero-order valence-electron chi connectivity index (χ0n) is 24.3. The third-order valence-corrected chi connectivity index (χ3v) is 8.50. The smallest absolute Gasteiger partial charge is 0.254 e. The monoisotopic (exact) mass is 521 g/mol. The van der Waals surface area contributed by atoms with Crippen molar-refractivity contribution in [1.29, 1.82) is 0 Å². The number of fused-ring (bicyclic) bond motifs is 3. The topological polar surface area (TPSA) is 39.3 Å². The number of benzene rings is 3. The molecule has 1 aliphatic heterocycles. The van der Waals surface area contributed by atoms with Crippen LogP contribution in [0.4, 0.5) is 0 Å². The summed E-state index contributed by atoms with van der Waals surface area (Å²) in [4.78, 5) is 22.7. The quantitative estimate of drug-likeness (QED) is 0.264. The lowest BCUT2D eigenvalue weighted by Crippen LogP contribution is -2.54. The maximum absolute atomic E-state index is 14.4. The Morgan fingerprint density at radius 3 is 2.31 bits per heavy atom. The van der Waals surface area contributed by atoms with E-state index in [1.165, 1.54) is 33.3 Å². The second-order valence-electron chi connectivity index (χ2n) is 12.5. The van der Waals surface area contributed by atoms with Gasteiger partial charge in [-0.1, -0.05) is 81.4 Å². The molecule has 1 aliphatic rings. The number of rotatable bonds is 8. The van der Waals surface area contributed by atoms with E-state index in [-0.39, 0.29) is 11.3 Å². The first-order valence-corrected chi connectivity index (χ1v) is 14.4. The number of hydrogen-bond donors (Lipinski definition) is 1. The first-order chi connectivity index (χ1) is 18.7. The largest absolute Gasteiger partial charge is 0.356 e. The Balaban J connectivity index is 1.57. The summed E-state index contributed by atoms with van der Waals surface area (Å²) in [5, 5.41) is 1.30. The Labute approximate surface area is 234 Å². The van der Waals surface area contributed by atoms with Crippen LogP contribution in [0.15, 0.2) is 78.9 Å². The number of aromatic amines is 1. The molecular formula is C35H43N3O. The number of hydrogen-bond acceptors (Lipinski definition) is 2. The van der Waals surface area contributed by atoms with Gasteiger partial charge in [0.25, 0.3) is 5.91 Å². The maximum atomic E-state index is 14.4. The molecule has 1 amide bonds. The number of carbonyl (C=O) groups excluding carboxylic acids is 1. The molecule has 1 N–H and O–H groups in total. The van der Waals surface area contributed by atoms with Crippen LogP contribution in [0.5, 0.6) is 0 Å². The predicted molar refractivity (Wildman–Crippen MR) is 162 cm³/mol. The second kappa shape index (κ2) is 11.0. The van der Waals surface area contributed by atoms with Gasteiger partial charge in [-0.2, -0.15) is 0 Å². The van der Waals surface area contributed by atoms with Gasteiger partial charge in [-0.15, -0.1) is 0 Å². The second-order valence-corrected chi connectivity index (χ2v) is 12.5. The van der Waals surface area contributed by atoms with Gasteiger partial charge in [-0.25, -0.2) is 0 Å². The van der Waals surface area contributed by atoms with Gasteiger partial charge in [0.2, 0.25) is 0 Å². The number of aromatic nitrogens is 1. The van der Waals surface area contributed by atoms with E-state index in [9.17, 15) is 4.79 Å². The average molecular weight is 522 g/mol. The first kappa shape index (κ1) is 27.2. The predicted octanol–water partition coefficient (Wildman–Crippen LogP) is 7.33. The molecule has 204 valence electrons. The molecule has 5 rings (SSSR count). The van der Waals surface area contributed by atoms with Gasteiger partial charge in [0.1, 0.15) is 0 Å². The van der Waals surface area contributed by atoms with Crippen LogP contribution < -0.4 is 0 Å². The van der Waals surface area contributed by atoms with Crippen LogP contribution in [0, 0.1) is 0 Å². The van der Waals surface area contributed by atoms with E-state index < -0.39 is 5.54 Å². The summed E-state index contributed by atoms with van der Waals surface area (Å²) >= 11 is 0. The third-order valence-electron chi connectivity index (χ3n) is 8.50. The van der Waals surface area contributed by atoms with Crippen molar-refractivity contribution < 1.29 is 4.79 Å². The van der Waals surface area contributed by atoms with Crippen molar-refractivity contribution in [3.8, 4) is 0 Å². The highest BCUT2D eigenvalue weighted by atomic mass is 16.2. The zero-order chi connectivity index (χ0) is 27.6. The van der Waals surface area contributed by atoms with E-state index >= 15 is 0 Å². The molecule has 1 aromatic heterocycles. The Bertz CT molecular complexity index is 1410. The van der Waals surface area contributed by atoms with Gasteiger partial charge in [-0.05, 0) is 86.5 Å². The number of amides is 1. The van der Waals surface area contributed by atoms with E-state index in [2.05, 4.69) is 116 Å². The molecule has 4 aromatic rings. The highest BCUT2D eigenvalue weighted by molar-refractivity contribution is 5.96. The van der Waals surface area contributed by atoms with Crippen LogP contribution >= 0.6 is 0 Å². The van der Waals surface area contributed by atoms with Crippen molar-refractivity contribution in [3.63, 3.8) is 0 Å². The molecule has 0 saturated carbocycles. The molecule has 0 saturated heterocycles. The van der Waals surface area contributed by atoms with Gasteiger partial charge in [0, 0.05) is 35.2 Å². The fourth-order valence-electron chi connectivity index (χ4n) is 6.28. The number of nitrogens with one attached hydrogen (secondary N) is 1. The zero-order valence-corrected chi connectivity index (χ0v) is 24.3. The van der Waals surface area contributed by atoms with Crippen LogP contribution in [0.25, 0.3) is 10.9 Å². The van der Waals surface area contributed by atoms with Crippen LogP contribution in [-0.2, 0) is 23.8 Å². The van der Waals surface area contributed by atoms with Crippen molar-refractivity contribution >= 4 is 16.8 Å². The molecular weight excluding hydrogens is 478 g/mol. The molecule has 3 aromatic carbocycles. The minimum Gasteiger partial charge on any atom is -0.356 e. The summed E-state index contributed by atoms with van der Waals surface area (Å²) in [6, 6.07) is 27.7. The Kier molecular flexibility index (Phi) is 7.68. The summed E-state index contributed by atoms with van der Waals surface area (Å²) in [6.07, 6.45) is 4.69. The molecule has 4 nitrogen and oxygen atoms in total. The Morgan fingerprint density at radius 1 is 0.923 bits per heavy atom. The van der Waals surface area contributed by atoms with Gasteiger partial charge in [0.15, 0.2) is 0 Å². The molecule has 0 radical (unpaired) electrons. The van der Waals surface area contributed by atoms with E-state index in [1.54, 1.807) is 0 Å². The fraction of sp³-hybridized carbons (Fsp3) is 0.400. The molecule has 39 heavy (non-hydrogen) atoms. The molecule has 0 aliphatic carbocycles. The Morgan fingerprint density at radius 2 is 1.62 bits per heavy atom. The molecule has 2 heterocycles. The normalized spacial score (nSPS) is 17.5. The lowest BCUT2D eigenvalue weighted by molar-refractivity contribution is 0.0301. The fourth-order valence-corrected chi connectivity index (χ4v) is 6.28. The summed E-state index contributed by atoms with van der Waals surface area (Å²) in [7, 11) is 4.26. The van der Waals surface area contributed by atoms with Crippen LogP contribution in [0.3, 0.4) is 0 Å². The van der Waals surface area contributed by atoms with Crippen LogP contribution in [0.1, 0.15) is 72.8 Å². The van der Waals surface area contributed by atoms with Crippen LogP contribution in [0.2, 0.25) is 0 Å². The molecule has 1 atom stereocenters. The van der Waals surface area contributed by atoms with E-state index in [0.29, 0.717) is 0 Å². The number of nitrogens with zero attached hydrogens (tertiary/aromatic N) is 2.